The van der Waals surface area contributed by atoms with Gasteiger partial charge >= 0.3 is 0 Å². The summed E-state index contributed by atoms with van der Waals surface area (Å²) in [4.78, 5) is 10.4. The van der Waals surface area contributed by atoms with Gasteiger partial charge in [0.25, 0.3) is 15.7 Å². The molecule has 0 aliphatic heterocycles. The Bertz CT molecular complexity index is 1100. The van der Waals surface area contributed by atoms with Gasteiger partial charge in [-0.3, -0.25) is 14.4 Å². The highest BCUT2D eigenvalue weighted by molar-refractivity contribution is 7.92. The van der Waals surface area contributed by atoms with Crippen LogP contribution in [-0.2, 0) is 10.0 Å². The number of nitro groups is 1. The highest BCUT2D eigenvalue weighted by atomic mass is 32.2. The second kappa shape index (κ2) is 7.82. The molecule has 0 radical (unpaired) electrons. The van der Waals surface area contributed by atoms with Crippen molar-refractivity contribution in [2.24, 2.45) is 0 Å². The van der Waals surface area contributed by atoms with E-state index in [2.05, 4.69) is 0 Å². The highest BCUT2D eigenvalue weighted by Crippen LogP contribution is 2.34. The average molecular weight is 396 g/mol. The molecule has 0 N–H and O–H groups in total. The van der Waals surface area contributed by atoms with E-state index in [1.807, 2.05) is 31.2 Å². The van der Waals surface area contributed by atoms with Crippen molar-refractivity contribution in [1.29, 1.82) is 0 Å². The maximum Gasteiger partial charge on any atom is 0.270 e. The molecule has 0 bridgehead atoms. The summed E-state index contributed by atoms with van der Waals surface area (Å²) in [5.41, 5.74) is 2.07. The second-order valence-electron chi connectivity index (χ2n) is 6.48. The third-order valence-electron chi connectivity index (χ3n) is 4.47. The minimum atomic E-state index is -4.04. The number of non-ortho nitro benzene ring substituents is 1. The lowest BCUT2D eigenvalue weighted by Gasteiger charge is -2.31. The number of sulfonamides is 1. The van der Waals surface area contributed by atoms with Gasteiger partial charge in [0, 0.05) is 12.1 Å². The summed E-state index contributed by atoms with van der Waals surface area (Å²) < 4.78 is 28.3. The van der Waals surface area contributed by atoms with Crippen molar-refractivity contribution in [3.63, 3.8) is 0 Å². The molecule has 7 heteroatoms. The molecule has 0 spiro atoms. The molecule has 0 heterocycles. The lowest BCUT2D eigenvalue weighted by molar-refractivity contribution is -0.385. The zero-order valence-electron chi connectivity index (χ0n) is 15.5. The first kappa shape index (κ1) is 19.6. The molecule has 0 aliphatic rings. The Morgan fingerprint density at radius 1 is 0.929 bits per heavy atom. The Morgan fingerprint density at radius 3 is 2.25 bits per heavy atom. The van der Waals surface area contributed by atoms with Crippen LogP contribution in [0.15, 0.2) is 83.8 Å². The number of hydrogen-bond acceptors (Lipinski definition) is 4. The van der Waals surface area contributed by atoms with E-state index in [1.54, 1.807) is 37.3 Å². The van der Waals surface area contributed by atoms with Crippen molar-refractivity contribution in [3.05, 3.63) is 100 Å². The molecule has 3 aromatic rings. The zero-order valence-corrected chi connectivity index (χ0v) is 16.3. The summed E-state index contributed by atoms with van der Waals surface area (Å²) in [6, 6.07) is 21.0. The van der Waals surface area contributed by atoms with Crippen molar-refractivity contribution < 1.29 is 13.3 Å². The van der Waals surface area contributed by atoms with Crippen molar-refractivity contribution in [2.45, 2.75) is 24.8 Å². The summed E-state index contributed by atoms with van der Waals surface area (Å²) >= 11 is 0. The summed E-state index contributed by atoms with van der Waals surface area (Å²) in [6.07, 6.45) is 0. The van der Waals surface area contributed by atoms with Gasteiger partial charge in [0.1, 0.15) is 0 Å². The number of anilines is 1. The van der Waals surface area contributed by atoms with Gasteiger partial charge in [-0.1, -0.05) is 54.1 Å². The number of benzene rings is 3. The van der Waals surface area contributed by atoms with Crippen LogP contribution in [0.3, 0.4) is 0 Å². The fraction of sp³-hybridized carbons (Fsp3) is 0.143. The SMILES string of the molecule is Cc1cccc([C@H](C)N(c2ccccc2)S(=O)(=O)c2cccc([N+](=O)[O-])c2)c1. The van der Waals surface area contributed by atoms with Crippen molar-refractivity contribution in [1.82, 2.24) is 0 Å². The standard InChI is InChI=1S/C21H20N2O4S/c1-16-8-6-9-18(14-16)17(2)22(19-10-4-3-5-11-19)28(26,27)21-13-7-12-20(15-21)23(24)25/h3-15,17H,1-2H3/t17-/m0/s1. The highest BCUT2D eigenvalue weighted by Gasteiger charge is 2.31. The first-order valence-electron chi connectivity index (χ1n) is 8.71. The van der Waals surface area contributed by atoms with Crippen LogP contribution in [0.1, 0.15) is 24.1 Å². The molecule has 144 valence electrons. The molecule has 0 aromatic heterocycles. The number of para-hydroxylation sites is 1. The van der Waals surface area contributed by atoms with Gasteiger partial charge in [-0.25, -0.2) is 8.42 Å². The molecule has 0 fully saturated rings. The minimum Gasteiger partial charge on any atom is -0.259 e. The van der Waals surface area contributed by atoms with E-state index in [1.165, 1.54) is 22.5 Å². The third-order valence-corrected chi connectivity index (χ3v) is 6.37. The maximum absolute atomic E-state index is 13.5. The monoisotopic (exact) mass is 396 g/mol. The van der Waals surface area contributed by atoms with Crippen molar-refractivity contribution in [2.75, 3.05) is 4.31 Å². The largest absolute Gasteiger partial charge is 0.270 e. The van der Waals surface area contributed by atoms with E-state index >= 15 is 0 Å². The van der Waals surface area contributed by atoms with E-state index in [0.29, 0.717) is 5.69 Å². The predicted molar refractivity (Wildman–Crippen MR) is 109 cm³/mol. The molecule has 28 heavy (non-hydrogen) atoms. The number of rotatable bonds is 6. The number of hydrogen-bond donors (Lipinski definition) is 0. The van der Waals surface area contributed by atoms with Crippen LogP contribution in [0.2, 0.25) is 0 Å². The van der Waals surface area contributed by atoms with Gasteiger partial charge in [-0.2, -0.15) is 0 Å². The fourth-order valence-corrected chi connectivity index (χ4v) is 4.77. The number of nitrogens with zero attached hydrogens (tertiary/aromatic N) is 2. The predicted octanol–water partition coefficient (Wildman–Crippen LogP) is 4.86. The van der Waals surface area contributed by atoms with E-state index in [0.717, 1.165) is 17.2 Å². The summed E-state index contributed by atoms with van der Waals surface area (Å²) in [6.45, 7) is 3.74. The molecule has 0 saturated carbocycles. The van der Waals surface area contributed by atoms with E-state index < -0.39 is 21.0 Å². The van der Waals surface area contributed by atoms with Crippen LogP contribution in [0.4, 0.5) is 11.4 Å². The molecule has 0 unspecified atom stereocenters. The smallest absolute Gasteiger partial charge is 0.259 e. The van der Waals surface area contributed by atoms with Crippen LogP contribution >= 0.6 is 0 Å². The molecular weight excluding hydrogens is 376 g/mol. The van der Waals surface area contributed by atoms with Gasteiger partial charge in [0.05, 0.1) is 21.5 Å². The normalized spacial score (nSPS) is 12.4. The molecule has 3 aromatic carbocycles. The molecule has 1 atom stereocenters. The second-order valence-corrected chi connectivity index (χ2v) is 8.30. The molecule has 0 saturated heterocycles. The maximum atomic E-state index is 13.5. The zero-order chi connectivity index (χ0) is 20.3. The van der Waals surface area contributed by atoms with Crippen molar-refractivity contribution in [3.8, 4) is 0 Å². The van der Waals surface area contributed by atoms with E-state index in [4.69, 9.17) is 0 Å². The first-order valence-corrected chi connectivity index (χ1v) is 10.2. The summed E-state index contributed by atoms with van der Waals surface area (Å²) in [5, 5.41) is 11.1. The molecule has 0 aliphatic carbocycles. The third kappa shape index (κ3) is 3.89. The van der Waals surface area contributed by atoms with Gasteiger partial charge in [0.2, 0.25) is 0 Å². The Labute approximate surface area is 164 Å². The summed E-state index contributed by atoms with van der Waals surface area (Å²) in [5.74, 6) is 0. The lowest BCUT2D eigenvalue weighted by Crippen LogP contribution is -2.33. The van der Waals surface area contributed by atoms with Crippen LogP contribution in [0.5, 0.6) is 0 Å². The van der Waals surface area contributed by atoms with Gasteiger partial charge in [0.15, 0.2) is 0 Å². The van der Waals surface area contributed by atoms with Gasteiger partial charge in [-0.15, -0.1) is 0 Å². The van der Waals surface area contributed by atoms with Crippen LogP contribution in [-0.4, -0.2) is 13.3 Å². The first-order chi connectivity index (χ1) is 13.3. The molecular formula is C21H20N2O4S. The Kier molecular flexibility index (Phi) is 5.46. The topological polar surface area (TPSA) is 80.5 Å². The fourth-order valence-electron chi connectivity index (χ4n) is 3.08. The quantitative estimate of drug-likeness (QED) is 0.440. The minimum absolute atomic E-state index is 0.120. The van der Waals surface area contributed by atoms with Gasteiger partial charge < -0.3 is 0 Å². The van der Waals surface area contributed by atoms with Crippen LogP contribution in [0, 0.1) is 17.0 Å². The molecule has 3 rings (SSSR count). The molecule has 0 amide bonds. The summed E-state index contributed by atoms with van der Waals surface area (Å²) in [7, 11) is -4.04. The Morgan fingerprint density at radius 2 is 1.61 bits per heavy atom. The average Bonchev–Trinajstić information content (AvgIpc) is 2.69. The van der Waals surface area contributed by atoms with Crippen molar-refractivity contribution >= 4 is 21.4 Å². The van der Waals surface area contributed by atoms with Crippen LogP contribution in [0.25, 0.3) is 0 Å². The number of nitro benzene ring substituents is 1. The number of aryl methyl sites for hydroxylation is 1. The van der Waals surface area contributed by atoms with E-state index in [-0.39, 0.29) is 10.6 Å². The lowest BCUT2D eigenvalue weighted by atomic mass is 10.1. The van der Waals surface area contributed by atoms with E-state index in [9.17, 15) is 18.5 Å². The van der Waals surface area contributed by atoms with Crippen LogP contribution < -0.4 is 4.31 Å². The Balaban J connectivity index is 2.16. The van der Waals surface area contributed by atoms with Gasteiger partial charge in [-0.05, 0) is 37.6 Å². The molecule has 6 nitrogen and oxygen atoms in total. The Hall–Kier alpha value is -3.19.